The molecular weight excluding hydrogens is 204 g/mol. The van der Waals surface area contributed by atoms with Gasteiger partial charge in [0.2, 0.25) is 0 Å². The minimum Gasteiger partial charge on any atom is -0.447 e. The van der Waals surface area contributed by atoms with Crippen molar-refractivity contribution in [2.24, 2.45) is 0 Å². The molecule has 0 fully saturated rings. The van der Waals surface area contributed by atoms with Crippen molar-refractivity contribution in [3.8, 4) is 0 Å². The van der Waals surface area contributed by atoms with Crippen LogP contribution in [0.25, 0.3) is 0 Å². The molecule has 0 aliphatic carbocycles. The third kappa shape index (κ3) is 6.81. The van der Waals surface area contributed by atoms with Crippen LogP contribution in [-0.4, -0.2) is 17.2 Å². The number of amides is 1. The summed E-state index contributed by atoms with van der Waals surface area (Å²) in [5.41, 5.74) is 1.00. The first kappa shape index (κ1) is 14.4. The summed E-state index contributed by atoms with van der Waals surface area (Å²) < 4.78 is 4.91. The fourth-order valence-corrected chi connectivity index (χ4v) is 0.931. The maximum absolute atomic E-state index is 11.1. The van der Waals surface area contributed by atoms with Gasteiger partial charge >= 0.3 is 6.09 Å². The average Bonchev–Trinajstić information content (AvgIpc) is 2.30. The van der Waals surface area contributed by atoms with E-state index in [0.717, 1.165) is 5.56 Å². The Labute approximate surface area is 97.0 Å². The van der Waals surface area contributed by atoms with Crippen LogP contribution in [0.15, 0.2) is 24.5 Å². The molecule has 0 saturated heterocycles. The molecule has 0 aliphatic rings. The Balaban J connectivity index is 0.00000106. The molecule has 0 aromatic carbocycles. The van der Waals surface area contributed by atoms with E-state index < -0.39 is 6.09 Å². The number of aromatic nitrogens is 1. The van der Waals surface area contributed by atoms with Crippen LogP contribution in [0.2, 0.25) is 0 Å². The molecule has 16 heavy (non-hydrogen) atoms. The van der Waals surface area contributed by atoms with Crippen molar-refractivity contribution in [1.82, 2.24) is 10.3 Å². The fourth-order valence-electron chi connectivity index (χ4n) is 0.931. The highest BCUT2D eigenvalue weighted by molar-refractivity contribution is 5.67. The maximum atomic E-state index is 11.1. The number of hydrogen-bond donors (Lipinski definition) is 1. The minimum absolute atomic E-state index is 0.0903. The lowest BCUT2D eigenvalue weighted by molar-refractivity contribution is 0.115. The van der Waals surface area contributed by atoms with Crippen LogP contribution in [0, 0.1) is 0 Å². The molecule has 1 aromatic heterocycles. The van der Waals surface area contributed by atoms with Crippen LogP contribution in [0.5, 0.6) is 0 Å². The molecule has 1 N–H and O–H groups in total. The van der Waals surface area contributed by atoms with Crippen molar-refractivity contribution < 1.29 is 9.53 Å². The van der Waals surface area contributed by atoms with E-state index in [1.165, 1.54) is 0 Å². The van der Waals surface area contributed by atoms with Gasteiger partial charge in [-0.05, 0) is 31.5 Å². The van der Waals surface area contributed by atoms with E-state index in [0.29, 0.717) is 6.54 Å². The zero-order valence-corrected chi connectivity index (χ0v) is 10.4. The standard InChI is InChI=1S/C10H14N2O2.C2H6/c1-8(2)14-10(13)12-7-9-3-5-11-6-4-9;1-2/h3-6,8H,7H2,1-2H3,(H,12,13);1-2H3. The summed E-state index contributed by atoms with van der Waals surface area (Å²) in [7, 11) is 0. The van der Waals surface area contributed by atoms with Crippen LogP contribution < -0.4 is 5.32 Å². The Morgan fingerprint density at radius 3 is 2.44 bits per heavy atom. The Bertz CT molecular complexity index is 286. The molecule has 1 amide bonds. The summed E-state index contributed by atoms with van der Waals surface area (Å²) in [6, 6.07) is 3.69. The number of alkyl carbamates (subject to hydrolysis) is 1. The normalized spacial score (nSPS) is 9.06. The molecule has 0 radical (unpaired) electrons. The second-order valence-electron chi connectivity index (χ2n) is 3.16. The van der Waals surface area contributed by atoms with E-state index in [9.17, 15) is 4.79 Å². The van der Waals surface area contributed by atoms with Gasteiger partial charge in [0.05, 0.1) is 6.10 Å². The highest BCUT2D eigenvalue weighted by Crippen LogP contribution is 1.96. The van der Waals surface area contributed by atoms with Gasteiger partial charge < -0.3 is 10.1 Å². The van der Waals surface area contributed by atoms with E-state index in [-0.39, 0.29) is 6.10 Å². The van der Waals surface area contributed by atoms with Gasteiger partial charge in [-0.3, -0.25) is 4.98 Å². The highest BCUT2D eigenvalue weighted by Gasteiger charge is 2.03. The second-order valence-corrected chi connectivity index (χ2v) is 3.16. The van der Waals surface area contributed by atoms with Gasteiger partial charge in [0.15, 0.2) is 0 Å². The minimum atomic E-state index is -0.392. The lowest BCUT2D eigenvalue weighted by Gasteiger charge is -2.09. The zero-order chi connectivity index (χ0) is 12.4. The molecule has 0 atom stereocenters. The number of nitrogens with zero attached hydrogens (tertiary/aromatic N) is 1. The number of pyridine rings is 1. The zero-order valence-electron chi connectivity index (χ0n) is 10.4. The van der Waals surface area contributed by atoms with Crippen LogP contribution >= 0.6 is 0 Å². The Kier molecular flexibility index (Phi) is 7.85. The van der Waals surface area contributed by atoms with E-state index in [1.54, 1.807) is 12.4 Å². The van der Waals surface area contributed by atoms with Crippen molar-refractivity contribution >= 4 is 6.09 Å². The molecule has 0 aliphatic heterocycles. The topological polar surface area (TPSA) is 51.2 Å². The Morgan fingerprint density at radius 1 is 1.38 bits per heavy atom. The van der Waals surface area contributed by atoms with Gasteiger partial charge in [0, 0.05) is 18.9 Å². The van der Waals surface area contributed by atoms with E-state index in [2.05, 4.69) is 10.3 Å². The van der Waals surface area contributed by atoms with E-state index in [1.807, 2.05) is 39.8 Å². The van der Waals surface area contributed by atoms with E-state index in [4.69, 9.17) is 4.74 Å². The van der Waals surface area contributed by atoms with Crippen LogP contribution in [0.1, 0.15) is 33.3 Å². The summed E-state index contributed by atoms with van der Waals surface area (Å²) in [5, 5.41) is 2.64. The van der Waals surface area contributed by atoms with Gasteiger partial charge in [0.1, 0.15) is 0 Å². The molecule has 0 spiro atoms. The first-order valence-corrected chi connectivity index (χ1v) is 5.52. The molecule has 0 bridgehead atoms. The molecule has 1 heterocycles. The predicted molar refractivity (Wildman–Crippen MR) is 64.0 cm³/mol. The van der Waals surface area contributed by atoms with Crippen LogP contribution in [0.4, 0.5) is 4.79 Å². The van der Waals surface area contributed by atoms with Gasteiger partial charge in [0.25, 0.3) is 0 Å². The molecule has 4 nitrogen and oxygen atoms in total. The van der Waals surface area contributed by atoms with Crippen molar-refractivity contribution in [2.75, 3.05) is 0 Å². The first-order chi connectivity index (χ1) is 7.68. The highest BCUT2D eigenvalue weighted by atomic mass is 16.6. The van der Waals surface area contributed by atoms with Gasteiger partial charge in [-0.1, -0.05) is 13.8 Å². The predicted octanol–water partition coefficient (Wildman–Crippen LogP) is 2.74. The smallest absolute Gasteiger partial charge is 0.407 e. The Morgan fingerprint density at radius 2 is 1.94 bits per heavy atom. The Hall–Kier alpha value is -1.58. The summed E-state index contributed by atoms with van der Waals surface area (Å²) >= 11 is 0. The summed E-state index contributed by atoms with van der Waals surface area (Å²) in [6.07, 6.45) is 2.89. The third-order valence-corrected chi connectivity index (χ3v) is 1.53. The number of carbonyl (C=O) groups excluding carboxylic acids is 1. The first-order valence-electron chi connectivity index (χ1n) is 5.52. The monoisotopic (exact) mass is 224 g/mol. The van der Waals surface area contributed by atoms with Gasteiger partial charge in [-0.25, -0.2) is 4.79 Å². The molecule has 4 heteroatoms. The molecule has 1 rings (SSSR count). The van der Waals surface area contributed by atoms with Gasteiger partial charge in [-0.2, -0.15) is 0 Å². The maximum Gasteiger partial charge on any atom is 0.407 e. The van der Waals surface area contributed by atoms with Crippen LogP contribution in [-0.2, 0) is 11.3 Å². The number of carbonyl (C=O) groups is 1. The number of rotatable bonds is 3. The lowest BCUT2D eigenvalue weighted by atomic mass is 10.3. The van der Waals surface area contributed by atoms with Crippen molar-refractivity contribution in [1.29, 1.82) is 0 Å². The van der Waals surface area contributed by atoms with Crippen LogP contribution in [0.3, 0.4) is 0 Å². The summed E-state index contributed by atoms with van der Waals surface area (Å²) in [6.45, 7) is 8.09. The number of ether oxygens (including phenoxy) is 1. The lowest BCUT2D eigenvalue weighted by Crippen LogP contribution is -2.26. The number of hydrogen-bond acceptors (Lipinski definition) is 3. The second kappa shape index (κ2) is 8.71. The molecule has 0 saturated carbocycles. The molecule has 0 unspecified atom stereocenters. The molecular formula is C12H20N2O2. The quantitative estimate of drug-likeness (QED) is 0.858. The van der Waals surface area contributed by atoms with Crippen molar-refractivity contribution in [2.45, 2.75) is 40.3 Å². The summed E-state index contributed by atoms with van der Waals surface area (Å²) in [4.78, 5) is 15.0. The largest absolute Gasteiger partial charge is 0.447 e. The molecule has 1 aromatic rings. The van der Waals surface area contributed by atoms with Crippen molar-refractivity contribution in [3.05, 3.63) is 30.1 Å². The van der Waals surface area contributed by atoms with Crippen molar-refractivity contribution in [3.63, 3.8) is 0 Å². The number of nitrogens with one attached hydrogen (secondary N) is 1. The average molecular weight is 224 g/mol. The summed E-state index contributed by atoms with van der Waals surface area (Å²) in [5.74, 6) is 0. The molecule has 90 valence electrons. The van der Waals surface area contributed by atoms with E-state index >= 15 is 0 Å². The SMILES string of the molecule is CC.CC(C)OC(=O)NCc1ccncc1. The fraction of sp³-hybridized carbons (Fsp3) is 0.500. The third-order valence-electron chi connectivity index (χ3n) is 1.53. The van der Waals surface area contributed by atoms with Gasteiger partial charge in [-0.15, -0.1) is 0 Å².